The number of ether oxygens (including phenoxy) is 2. The van der Waals surface area contributed by atoms with E-state index in [2.05, 4.69) is 58.3 Å². The Hall–Kier alpha value is -2.33. The number of esters is 1. The predicted octanol–water partition coefficient (Wildman–Crippen LogP) is 8.52. The first-order valence-corrected chi connectivity index (χ1v) is 15.2. The molecule has 0 spiro atoms. The van der Waals surface area contributed by atoms with E-state index >= 15 is 0 Å². The third-order valence-electron chi connectivity index (χ3n) is 7.42. The molecule has 1 unspecified atom stereocenters. The topological polar surface area (TPSA) is 35.5 Å². The van der Waals surface area contributed by atoms with E-state index in [1.165, 1.54) is 75.3 Å². The van der Waals surface area contributed by atoms with Gasteiger partial charge in [0.1, 0.15) is 25.5 Å². The van der Waals surface area contributed by atoms with Crippen LogP contribution in [0.4, 0.5) is 0 Å². The zero-order valence-corrected chi connectivity index (χ0v) is 24.8. The van der Waals surface area contributed by atoms with Crippen LogP contribution in [0.1, 0.15) is 102 Å². The summed E-state index contributed by atoms with van der Waals surface area (Å²) < 4.78 is 12.2. The van der Waals surface area contributed by atoms with Gasteiger partial charge in [-0.2, -0.15) is 0 Å². The Kier molecular flexibility index (Phi) is 15.8. The highest BCUT2D eigenvalue weighted by Crippen LogP contribution is 2.20. The van der Waals surface area contributed by atoms with Crippen LogP contribution in [0, 0.1) is 0 Å². The summed E-state index contributed by atoms with van der Waals surface area (Å²) in [6.45, 7) is 5.83. The normalized spacial score (nSPS) is 12.3. The molecule has 0 amide bonds. The molecule has 0 bridgehead atoms. The molecule has 2 aromatic carbocycles. The van der Waals surface area contributed by atoms with Gasteiger partial charge in [-0.05, 0) is 37.0 Å². The Morgan fingerprint density at radius 2 is 1.37 bits per heavy atom. The standard InChI is InChI=1S/C34H54NO3/c1-5-7-8-9-10-11-12-13-14-16-21-30-24-19-25-32(28-30)37-26-27-38-34(36)33(20-6-2)35(3,4)29-31-22-17-15-18-23-31/h15,17-19,22-25,28,33H,5-14,16,20-21,26-27,29H2,1-4H3/q+1. The number of carbonyl (C=O) groups excluding carboxylic acids is 1. The van der Waals surface area contributed by atoms with Crippen LogP contribution in [0.3, 0.4) is 0 Å². The molecule has 0 aliphatic heterocycles. The van der Waals surface area contributed by atoms with E-state index in [1.807, 2.05) is 24.3 Å². The van der Waals surface area contributed by atoms with E-state index in [1.54, 1.807) is 0 Å². The minimum Gasteiger partial charge on any atom is -0.490 e. The highest BCUT2D eigenvalue weighted by Gasteiger charge is 2.35. The molecule has 0 saturated carbocycles. The van der Waals surface area contributed by atoms with E-state index in [0.29, 0.717) is 11.1 Å². The number of likely N-dealkylation sites (N-methyl/N-ethyl adjacent to an activating group) is 1. The number of quaternary nitrogens is 1. The summed E-state index contributed by atoms with van der Waals surface area (Å²) in [6.07, 6.45) is 16.4. The summed E-state index contributed by atoms with van der Waals surface area (Å²) in [7, 11) is 4.23. The summed E-state index contributed by atoms with van der Waals surface area (Å²) in [4.78, 5) is 13.0. The molecule has 0 heterocycles. The molecule has 1 atom stereocenters. The molecule has 0 aliphatic carbocycles. The monoisotopic (exact) mass is 524 g/mol. The first kappa shape index (κ1) is 31.9. The minimum atomic E-state index is -0.190. The Bertz CT molecular complexity index is 880. The van der Waals surface area contributed by atoms with Gasteiger partial charge in [0.05, 0.1) is 14.1 Å². The first-order chi connectivity index (χ1) is 18.5. The first-order valence-electron chi connectivity index (χ1n) is 15.2. The lowest BCUT2D eigenvalue weighted by Gasteiger charge is -2.36. The molecule has 0 fully saturated rings. The van der Waals surface area contributed by atoms with Gasteiger partial charge in [-0.3, -0.25) is 0 Å². The molecule has 0 aliphatic rings. The van der Waals surface area contributed by atoms with Crippen LogP contribution in [0.15, 0.2) is 54.6 Å². The van der Waals surface area contributed by atoms with Crippen molar-refractivity contribution in [2.24, 2.45) is 0 Å². The smallest absolute Gasteiger partial charge is 0.365 e. The average Bonchev–Trinajstić information content (AvgIpc) is 2.91. The maximum absolute atomic E-state index is 13.0. The van der Waals surface area contributed by atoms with Crippen molar-refractivity contribution in [2.75, 3.05) is 27.3 Å². The Morgan fingerprint density at radius 1 is 0.737 bits per heavy atom. The fraction of sp³-hybridized carbons (Fsp3) is 0.618. The minimum absolute atomic E-state index is 0.133. The van der Waals surface area contributed by atoms with Crippen molar-refractivity contribution >= 4 is 5.97 Å². The quantitative estimate of drug-likeness (QED) is 0.0932. The van der Waals surface area contributed by atoms with Crippen molar-refractivity contribution in [2.45, 2.75) is 110 Å². The SMILES string of the molecule is CCCCCCCCCCCCc1cccc(OCCOC(=O)C(CCC)[N+](C)(C)Cc2ccccc2)c1. The molecule has 4 heteroatoms. The van der Waals surface area contributed by atoms with Crippen molar-refractivity contribution in [1.29, 1.82) is 0 Å². The van der Waals surface area contributed by atoms with Gasteiger partial charge in [0, 0.05) is 12.0 Å². The molecular weight excluding hydrogens is 470 g/mol. The number of nitrogens with zero attached hydrogens (tertiary/aromatic N) is 1. The van der Waals surface area contributed by atoms with Crippen LogP contribution in [0.25, 0.3) is 0 Å². The van der Waals surface area contributed by atoms with Crippen molar-refractivity contribution in [3.63, 3.8) is 0 Å². The molecule has 0 aromatic heterocycles. The molecular formula is C34H54NO3+. The van der Waals surface area contributed by atoms with Crippen molar-refractivity contribution in [3.8, 4) is 5.75 Å². The summed E-state index contributed by atoms with van der Waals surface area (Å²) >= 11 is 0. The molecule has 0 saturated heterocycles. The second-order valence-corrected chi connectivity index (χ2v) is 11.3. The maximum Gasteiger partial charge on any atom is 0.365 e. The number of hydrogen-bond acceptors (Lipinski definition) is 3. The van der Waals surface area contributed by atoms with Crippen molar-refractivity contribution in [3.05, 3.63) is 65.7 Å². The van der Waals surface area contributed by atoms with Gasteiger partial charge in [0.2, 0.25) is 0 Å². The van der Waals surface area contributed by atoms with Crippen LogP contribution in [0.2, 0.25) is 0 Å². The lowest BCUT2D eigenvalue weighted by atomic mass is 10.0. The highest BCUT2D eigenvalue weighted by atomic mass is 16.6. The van der Waals surface area contributed by atoms with Crippen LogP contribution in [-0.4, -0.2) is 43.8 Å². The highest BCUT2D eigenvalue weighted by molar-refractivity contribution is 5.74. The second kappa shape index (κ2) is 18.8. The fourth-order valence-electron chi connectivity index (χ4n) is 5.20. The Balaban J connectivity index is 1.67. The fourth-order valence-corrected chi connectivity index (χ4v) is 5.20. The second-order valence-electron chi connectivity index (χ2n) is 11.3. The van der Waals surface area contributed by atoms with E-state index in [-0.39, 0.29) is 18.6 Å². The van der Waals surface area contributed by atoms with Gasteiger partial charge in [-0.15, -0.1) is 0 Å². The van der Waals surface area contributed by atoms with Gasteiger partial charge >= 0.3 is 5.97 Å². The van der Waals surface area contributed by atoms with Crippen molar-refractivity contribution in [1.82, 2.24) is 0 Å². The number of hydrogen-bond donors (Lipinski definition) is 0. The Labute approximate surface area is 233 Å². The van der Waals surface area contributed by atoms with Gasteiger partial charge in [-0.25, -0.2) is 4.79 Å². The van der Waals surface area contributed by atoms with E-state index in [4.69, 9.17) is 9.47 Å². The van der Waals surface area contributed by atoms with Gasteiger partial charge in [-0.1, -0.05) is 114 Å². The van der Waals surface area contributed by atoms with Gasteiger partial charge in [0.15, 0.2) is 6.04 Å². The largest absolute Gasteiger partial charge is 0.490 e. The molecule has 0 radical (unpaired) electrons. The zero-order valence-electron chi connectivity index (χ0n) is 24.8. The third-order valence-corrected chi connectivity index (χ3v) is 7.42. The van der Waals surface area contributed by atoms with E-state index in [9.17, 15) is 4.79 Å². The number of aryl methyl sites for hydroxylation is 1. The van der Waals surface area contributed by atoms with E-state index < -0.39 is 0 Å². The molecule has 2 rings (SSSR count). The predicted molar refractivity (Wildman–Crippen MR) is 159 cm³/mol. The maximum atomic E-state index is 13.0. The Morgan fingerprint density at radius 3 is 2.03 bits per heavy atom. The summed E-state index contributed by atoms with van der Waals surface area (Å²) in [5, 5.41) is 0. The van der Waals surface area contributed by atoms with Crippen molar-refractivity contribution < 1.29 is 18.8 Å². The van der Waals surface area contributed by atoms with Crippen LogP contribution in [0.5, 0.6) is 5.75 Å². The number of benzene rings is 2. The average molecular weight is 525 g/mol. The number of carbonyl (C=O) groups is 1. The number of rotatable bonds is 21. The molecule has 2 aromatic rings. The molecule has 38 heavy (non-hydrogen) atoms. The molecule has 0 N–H and O–H groups in total. The summed E-state index contributed by atoms with van der Waals surface area (Å²) in [6, 6.07) is 18.5. The van der Waals surface area contributed by atoms with Gasteiger partial charge < -0.3 is 14.0 Å². The van der Waals surface area contributed by atoms with Crippen LogP contribution < -0.4 is 4.74 Å². The summed E-state index contributed by atoms with van der Waals surface area (Å²) in [5.41, 5.74) is 2.55. The molecule has 4 nitrogen and oxygen atoms in total. The van der Waals surface area contributed by atoms with Gasteiger partial charge in [0.25, 0.3) is 0 Å². The zero-order chi connectivity index (χ0) is 27.5. The lowest BCUT2D eigenvalue weighted by molar-refractivity contribution is -0.920. The molecule has 212 valence electrons. The summed E-state index contributed by atoms with van der Waals surface area (Å²) in [5.74, 6) is 0.724. The lowest BCUT2D eigenvalue weighted by Crippen LogP contribution is -2.53. The third kappa shape index (κ3) is 13.0. The number of unbranched alkanes of at least 4 members (excludes halogenated alkanes) is 9. The van der Waals surface area contributed by atoms with Crippen LogP contribution in [-0.2, 0) is 22.5 Å². The van der Waals surface area contributed by atoms with Crippen LogP contribution >= 0.6 is 0 Å². The van der Waals surface area contributed by atoms with E-state index in [0.717, 1.165) is 31.6 Å².